The van der Waals surface area contributed by atoms with E-state index in [1.54, 1.807) is 24.3 Å². The first-order valence-electron chi connectivity index (χ1n) is 5.96. The van der Waals surface area contributed by atoms with E-state index in [0.717, 1.165) is 12.8 Å². The van der Waals surface area contributed by atoms with Gasteiger partial charge in [-0.25, -0.2) is 8.78 Å². The Morgan fingerprint density at radius 2 is 1.82 bits per heavy atom. The first-order valence-corrected chi connectivity index (χ1v) is 5.96. The molecule has 92 valence electrons. The fourth-order valence-electron chi connectivity index (χ4n) is 2.84. The first-order chi connectivity index (χ1) is 8.08. The molecule has 2 rings (SSSR count). The molecule has 0 saturated heterocycles. The Morgan fingerprint density at radius 1 is 1.24 bits per heavy atom. The number of benzene rings is 1. The van der Waals surface area contributed by atoms with Gasteiger partial charge in [0.1, 0.15) is 0 Å². The summed E-state index contributed by atoms with van der Waals surface area (Å²) < 4.78 is 26.8. The standard InChI is InChI=1S/C14H16F2O/c1-10(17)11-6-2-3-7-12(11)14(13(15)16)8-4-5-9-14/h2-3,6-7,13H,4-5,8-9H2,1H3. The van der Waals surface area contributed by atoms with E-state index < -0.39 is 11.8 Å². The molecule has 0 spiro atoms. The molecule has 3 heteroatoms. The summed E-state index contributed by atoms with van der Waals surface area (Å²) in [6.45, 7) is 1.44. The number of hydrogen-bond acceptors (Lipinski definition) is 1. The van der Waals surface area contributed by atoms with Crippen LogP contribution in [0.4, 0.5) is 8.78 Å². The van der Waals surface area contributed by atoms with Gasteiger partial charge in [-0.15, -0.1) is 0 Å². The van der Waals surface area contributed by atoms with Gasteiger partial charge in [-0.1, -0.05) is 37.1 Å². The summed E-state index contributed by atoms with van der Waals surface area (Å²) in [6.07, 6.45) is 0.197. The minimum Gasteiger partial charge on any atom is -0.295 e. The van der Waals surface area contributed by atoms with Crippen molar-refractivity contribution in [3.8, 4) is 0 Å². The highest BCUT2D eigenvalue weighted by Gasteiger charge is 2.45. The molecule has 17 heavy (non-hydrogen) atoms. The third-order valence-corrected chi connectivity index (χ3v) is 3.76. The predicted molar refractivity (Wildman–Crippen MR) is 62.6 cm³/mol. The molecule has 0 aliphatic heterocycles. The van der Waals surface area contributed by atoms with Crippen LogP contribution in [0, 0.1) is 0 Å². The average molecular weight is 238 g/mol. The smallest absolute Gasteiger partial charge is 0.248 e. The van der Waals surface area contributed by atoms with Gasteiger partial charge in [-0.3, -0.25) is 4.79 Å². The van der Waals surface area contributed by atoms with Crippen LogP contribution >= 0.6 is 0 Å². The lowest BCUT2D eigenvalue weighted by Crippen LogP contribution is -2.32. The number of Topliss-reactive ketones (excluding diaryl/α,β-unsaturated/α-hetero) is 1. The zero-order valence-electron chi connectivity index (χ0n) is 9.88. The molecule has 1 saturated carbocycles. The normalized spacial score (nSPS) is 18.6. The van der Waals surface area contributed by atoms with E-state index in [1.807, 2.05) is 0 Å². The molecule has 0 atom stereocenters. The van der Waals surface area contributed by atoms with Crippen LogP contribution in [0.5, 0.6) is 0 Å². The van der Waals surface area contributed by atoms with Crippen molar-refractivity contribution in [2.24, 2.45) is 0 Å². The number of carbonyl (C=O) groups is 1. The third kappa shape index (κ3) is 1.99. The number of alkyl halides is 2. The summed E-state index contributed by atoms with van der Waals surface area (Å²) in [4.78, 5) is 11.5. The van der Waals surface area contributed by atoms with Crippen molar-refractivity contribution in [2.75, 3.05) is 0 Å². The lowest BCUT2D eigenvalue weighted by atomic mass is 9.76. The molecule has 1 aliphatic rings. The van der Waals surface area contributed by atoms with Gasteiger partial charge in [0.2, 0.25) is 6.43 Å². The van der Waals surface area contributed by atoms with E-state index in [4.69, 9.17) is 0 Å². The number of ketones is 1. The number of rotatable bonds is 3. The molecular weight excluding hydrogens is 222 g/mol. The number of carbonyl (C=O) groups excluding carboxylic acids is 1. The van der Waals surface area contributed by atoms with Gasteiger partial charge in [0.05, 0.1) is 5.41 Å². The van der Waals surface area contributed by atoms with Gasteiger partial charge < -0.3 is 0 Å². The van der Waals surface area contributed by atoms with Crippen molar-refractivity contribution in [2.45, 2.75) is 44.4 Å². The van der Waals surface area contributed by atoms with Crippen molar-refractivity contribution in [1.29, 1.82) is 0 Å². The van der Waals surface area contributed by atoms with Crippen LogP contribution in [-0.4, -0.2) is 12.2 Å². The highest BCUT2D eigenvalue weighted by Crippen LogP contribution is 2.46. The third-order valence-electron chi connectivity index (χ3n) is 3.76. The average Bonchev–Trinajstić information content (AvgIpc) is 2.79. The quantitative estimate of drug-likeness (QED) is 0.728. The molecule has 0 heterocycles. The fraction of sp³-hybridized carbons (Fsp3) is 0.500. The van der Waals surface area contributed by atoms with E-state index in [1.165, 1.54) is 6.92 Å². The number of halogens is 2. The molecule has 0 aromatic heterocycles. The van der Waals surface area contributed by atoms with Crippen molar-refractivity contribution >= 4 is 5.78 Å². The second-order valence-corrected chi connectivity index (χ2v) is 4.77. The largest absolute Gasteiger partial charge is 0.295 e. The predicted octanol–water partition coefficient (Wildman–Crippen LogP) is 3.97. The van der Waals surface area contributed by atoms with Gasteiger partial charge in [-0.2, -0.15) is 0 Å². The van der Waals surface area contributed by atoms with E-state index in [9.17, 15) is 13.6 Å². The first kappa shape index (κ1) is 12.2. The van der Waals surface area contributed by atoms with Gasteiger partial charge in [-0.05, 0) is 25.3 Å². The monoisotopic (exact) mass is 238 g/mol. The zero-order chi connectivity index (χ0) is 12.5. The second-order valence-electron chi connectivity index (χ2n) is 4.77. The Bertz CT molecular complexity index is 420. The Hall–Kier alpha value is -1.25. The van der Waals surface area contributed by atoms with E-state index in [-0.39, 0.29) is 5.78 Å². The summed E-state index contributed by atoms with van der Waals surface area (Å²) in [5.74, 6) is -0.132. The maximum atomic E-state index is 13.4. The molecule has 1 aromatic carbocycles. The van der Waals surface area contributed by atoms with Crippen LogP contribution in [-0.2, 0) is 5.41 Å². The lowest BCUT2D eigenvalue weighted by molar-refractivity contribution is 0.0516. The molecule has 1 nitrogen and oxygen atoms in total. The maximum absolute atomic E-state index is 13.4. The molecule has 1 aromatic rings. The number of hydrogen-bond donors (Lipinski definition) is 0. The molecule has 0 unspecified atom stereocenters. The van der Waals surface area contributed by atoms with Crippen LogP contribution in [0.1, 0.15) is 48.5 Å². The molecule has 1 fully saturated rings. The minimum absolute atomic E-state index is 0.132. The van der Waals surface area contributed by atoms with Crippen LogP contribution in [0.15, 0.2) is 24.3 Å². The molecule has 0 radical (unpaired) electrons. The minimum atomic E-state index is -2.40. The molecular formula is C14H16F2O. The topological polar surface area (TPSA) is 17.1 Å². The Morgan fingerprint density at radius 3 is 2.35 bits per heavy atom. The SMILES string of the molecule is CC(=O)c1ccccc1C1(C(F)F)CCCC1. The second kappa shape index (κ2) is 4.55. The highest BCUT2D eigenvalue weighted by atomic mass is 19.3. The maximum Gasteiger partial charge on any atom is 0.248 e. The van der Waals surface area contributed by atoms with E-state index in [0.29, 0.717) is 24.0 Å². The van der Waals surface area contributed by atoms with Crippen LogP contribution in [0.25, 0.3) is 0 Å². The summed E-state index contributed by atoms with van der Waals surface area (Å²) in [5, 5.41) is 0. The fourth-order valence-corrected chi connectivity index (χ4v) is 2.84. The highest BCUT2D eigenvalue weighted by molar-refractivity contribution is 5.96. The van der Waals surface area contributed by atoms with Crippen LogP contribution in [0.2, 0.25) is 0 Å². The summed E-state index contributed by atoms with van der Waals surface area (Å²) in [7, 11) is 0. The summed E-state index contributed by atoms with van der Waals surface area (Å²) >= 11 is 0. The van der Waals surface area contributed by atoms with Gasteiger partial charge in [0.25, 0.3) is 0 Å². The Labute approximate surface area is 99.8 Å². The summed E-state index contributed by atoms with van der Waals surface area (Å²) in [5.41, 5.74) is -0.0999. The summed E-state index contributed by atoms with van der Waals surface area (Å²) in [6, 6.07) is 6.81. The van der Waals surface area contributed by atoms with E-state index in [2.05, 4.69) is 0 Å². The van der Waals surface area contributed by atoms with Gasteiger partial charge >= 0.3 is 0 Å². The molecule has 0 N–H and O–H groups in total. The van der Waals surface area contributed by atoms with Gasteiger partial charge in [0, 0.05) is 5.56 Å². The van der Waals surface area contributed by atoms with Crippen molar-refractivity contribution in [3.63, 3.8) is 0 Å². The van der Waals surface area contributed by atoms with Gasteiger partial charge in [0.15, 0.2) is 5.78 Å². The Kier molecular flexibility index (Phi) is 3.27. The Balaban J connectivity index is 2.54. The van der Waals surface area contributed by atoms with E-state index >= 15 is 0 Å². The van der Waals surface area contributed by atoms with Crippen molar-refractivity contribution in [3.05, 3.63) is 35.4 Å². The zero-order valence-corrected chi connectivity index (χ0v) is 9.88. The van der Waals surface area contributed by atoms with Crippen LogP contribution in [0.3, 0.4) is 0 Å². The van der Waals surface area contributed by atoms with Crippen molar-refractivity contribution in [1.82, 2.24) is 0 Å². The molecule has 0 amide bonds. The molecule has 1 aliphatic carbocycles. The molecule has 0 bridgehead atoms. The lowest BCUT2D eigenvalue weighted by Gasteiger charge is -2.30. The van der Waals surface area contributed by atoms with Crippen LogP contribution < -0.4 is 0 Å². The van der Waals surface area contributed by atoms with Crippen molar-refractivity contribution < 1.29 is 13.6 Å².